The molecule has 0 bridgehead atoms. The number of anilines is 2. The van der Waals surface area contributed by atoms with Gasteiger partial charge in [-0.25, -0.2) is 0 Å². The Bertz CT molecular complexity index is 471. The Morgan fingerprint density at radius 3 is 2.72 bits per heavy atom. The van der Waals surface area contributed by atoms with Crippen molar-refractivity contribution in [2.24, 2.45) is 0 Å². The number of carboxylic acids is 1. The molecular formula is C14H20N2O2. The van der Waals surface area contributed by atoms with E-state index < -0.39 is 5.97 Å². The van der Waals surface area contributed by atoms with Crippen molar-refractivity contribution in [1.29, 1.82) is 0 Å². The molecule has 0 fully saturated rings. The molecular weight excluding hydrogens is 228 g/mol. The second-order valence-electron chi connectivity index (χ2n) is 5.04. The van der Waals surface area contributed by atoms with Gasteiger partial charge in [-0.1, -0.05) is 6.07 Å². The Morgan fingerprint density at radius 1 is 1.33 bits per heavy atom. The molecule has 0 saturated carbocycles. The van der Waals surface area contributed by atoms with Gasteiger partial charge >= 0.3 is 5.97 Å². The lowest BCUT2D eigenvalue weighted by Gasteiger charge is -2.27. The van der Waals surface area contributed by atoms with E-state index in [0.29, 0.717) is 0 Å². The second kappa shape index (κ2) is 4.88. The molecule has 4 heteroatoms. The summed E-state index contributed by atoms with van der Waals surface area (Å²) in [6.07, 6.45) is 0.983. The molecule has 0 unspecified atom stereocenters. The van der Waals surface area contributed by atoms with Crippen LogP contribution in [0.1, 0.15) is 17.5 Å². The first kappa shape index (κ1) is 12.7. The zero-order chi connectivity index (χ0) is 13.3. The summed E-state index contributed by atoms with van der Waals surface area (Å²) in [5.74, 6) is -0.773. The quantitative estimate of drug-likeness (QED) is 0.869. The van der Waals surface area contributed by atoms with Gasteiger partial charge in [-0.15, -0.1) is 0 Å². The highest BCUT2D eigenvalue weighted by atomic mass is 16.4. The number of aryl methyl sites for hydroxylation is 2. The third-order valence-electron chi connectivity index (χ3n) is 3.40. The van der Waals surface area contributed by atoms with Gasteiger partial charge in [0, 0.05) is 20.1 Å². The van der Waals surface area contributed by atoms with Crippen LogP contribution in [0.25, 0.3) is 0 Å². The summed E-state index contributed by atoms with van der Waals surface area (Å²) in [5.41, 5.74) is 4.59. The topological polar surface area (TPSA) is 43.8 Å². The predicted molar refractivity (Wildman–Crippen MR) is 73.7 cm³/mol. The van der Waals surface area contributed by atoms with E-state index in [0.717, 1.165) is 36.4 Å². The van der Waals surface area contributed by atoms with Crippen LogP contribution in [0.15, 0.2) is 12.1 Å². The van der Waals surface area contributed by atoms with Crippen molar-refractivity contribution >= 4 is 17.3 Å². The van der Waals surface area contributed by atoms with Crippen LogP contribution in [0.2, 0.25) is 0 Å². The van der Waals surface area contributed by atoms with Crippen molar-refractivity contribution in [1.82, 2.24) is 0 Å². The van der Waals surface area contributed by atoms with E-state index in [2.05, 4.69) is 37.9 Å². The standard InChI is InChI=1S/C14H20N2O2/c1-10-7-11(2)14-12(8-10)15(3)5-4-6-16(14)9-13(17)18/h7-8H,4-6,9H2,1-3H3,(H,17,18). The van der Waals surface area contributed by atoms with Gasteiger partial charge in [-0.05, 0) is 37.5 Å². The minimum Gasteiger partial charge on any atom is -0.480 e. The van der Waals surface area contributed by atoms with Crippen molar-refractivity contribution in [2.75, 3.05) is 36.5 Å². The average Bonchev–Trinajstić information content (AvgIpc) is 2.39. The van der Waals surface area contributed by atoms with Crippen LogP contribution in [0.5, 0.6) is 0 Å². The number of rotatable bonds is 2. The highest BCUT2D eigenvalue weighted by molar-refractivity contribution is 5.81. The first-order valence-corrected chi connectivity index (χ1v) is 6.28. The number of hydrogen-bond acceptors (Lipinski definition) is 3. The fraction of sp³-hybridized carbons (Fsp3) is 0.500. The molecule has 1 aliphatic heterocycles. The molecule has 0 aromatic heterocycles. The van der Waals surface area contributed by atoms with Gasteiger partial charge in [-0.3, -0.25) is 4.79 Å². The molecule has 4 nitrogen and oxygen atoms in total. The van der Waals surface area contributed by atoms with E-state index in [4.69, 9.17) is 5.11 Å². The lowest BCUT2D eigenvalue weighted by molar-refractivity contribution is -0.135. The largest absolute Gasteiger partial charge is 0.480 e. The van der Waals surface area contributed by atoms with Gasteiger partial charge in [0.25, 0.3) is 0 Å². The lowest BCUT2D eigenvalue weighted by Crippen LogP contribution is -2.30. The van der Waals surface area contributed by atoms with Crippen LogP contribution >= 0.6 is 0 Å². The van der Waals surface area contributed by atoms with E-state index in [-0.39, 0.29) is 6.54 Å². The summed E-state index contributed by atoms with van der Waals surface area (Å²) in [6.45, 7) is 5.97. The molecule has 0 atom stereocenters. The number of nitrogens with zero attached hydrogens (tertiary/aromatic N) is 2. The van der Waals surface area contributed by atoms with Crippen LogP contribution in [0.4, 0.5) is 11.4 Å². The smallest absolute Gasteiger partial charge is 0.323 e. The van der Waals surface area contributed by atoms with Crippen molar-refractivity contribution < 1.29 is 9.90 Å². The molecule has 1 aliphatic rings. The van der Waals surface area contributed by atoms with E-state index in [9.17, 15) is 4.79 Å². The second-order valence-corrected chi connectivity index (χ2v) is 5.04. The molecule has 0 saturated heterocycles. The molecule has 1 heterocycles. The minimum absolute atomic E-state index is 0.0741. The maximum Gasteiger partial charge on any atom is 0.323 e. The molecule has 18 heavy (non-hydrogen) atoms. The molecule has 0 spiro atoms. The van der Waals surface area contributed by atoms with E-state index in [1.165, 1.54) is 5.56 Å². The maximum absolute atomic E-state index is 11.0. The number of fused-ring (bicyclic) bond motifs is 1. The fourth-order valence-corrected chi connectivity index (χ4v) is 2.69. The monoisotopic (exact) mass is 248 g/mol. The molecule has 98 valence electrons. The van der Waals surface area contributed by atoms with Gasteiger partial charge < -0.3 is 14.9 Å². The third kappa shape index (κ3) is 2.42. The molecule has 0 aliphatic carbocycles. The summed E-state index contributed by atoms with van der Waals surface area (Å²) >= 11 is 0. The van der Waals surface area contributed by atoms with Crippen LogP contribution in [-0.2, 0) is 4.79 Å². The first-order valence-electron chi connectivity index (χ1n) is 6.28. The van der Waals surface area contributed by atoms with Gasteiger partial charge in [-0.2, -0.15) is 0 Å². The highest BCUT2D eigenvalue weighted by Crippen LogP contribution is 2.35. The zero-order valence-corrected chi connectivity index (χ0v) is 11.2. The van der Waals surface area contributed by atoms with Gasteiger partial charge in [0.1, 0.15) is 6.54 Å². The van der Waals surface area contributed by atoms with E-state index in [1.54, 1.807) is 0 Å². The third-order valence-corrected chi connectivity index (χ3v) is 3.40. The number of carboxylic acid groups (broad SMARTS) is 1. The average molecular weight is 248 g/mol. The number of hydrogen-bond donors (Lipinski definition) is 1. The maximum atomic E-state index is 11.0. The molecule has 0 radical (unpaired) electrons. The normalized spacial score (nSPS) is 15.3. The Labute approximate surface area is 108 Å². The summed E-state index contributed by atoms with van der Waals surface area (Å²) in [4.78, 5) is 15.2. The minimum atomic E-state index is -0.773. The molecule has 0 amide bonds. The summed E-state index contributed by atoms with van der Waals surface area (Å²) in [7, 11) is 2.07. The Morgan fingerprint density at radius 2 is 2.06 bits per heavy atom. The molecule has 1 N–H and O–H groups in total. The Kier molecular flexibility index (Phi) is 3.45. The van der Waals surface area contributed by atoms with Crippen molar-refractivity contribution in [3.63, 3.8) is 0 Å². The number of aliphatic carboxylic acids is 1. The SMILES string of the molecule is Cc1cc(C)c2c(c1)N(C)CCCN2CC(=O)O. The summed E-state index contributed by atoms with van der Waals surface area (Å²) in [5, 5.41) is 9.04. The summed E-state index contributed by atoms with van der Waals surface area (Å²) < 4.78 is 0. The summed E-state index contributed by atoms with van der Waals surface area (Å²) in [6, 6.07) is 4.26. The highest BCUT2D eigenvalue weighted by Gasteiger charge is 2.22. The molecule has 1 aromatic rings. The number of benzene rings is 1. The van der Waals surface area contributed by atoms with Crippen molar-refractivity contribution in [3.05, 3.63) is 23.3 Å². The molecule has 1 aromatic carbocycles. The van der Waals surface area contributed by atoms with Crippen LogP contribution in [0.3, 0.4) is 0 Å². The molecule has 2 rings (SSSR count). The first-order chi connectivity index (χ1) is 8.49. The van der Waals surface area contributed by atoms with E-state index >= 15 is 0 Å². The van der Waals surface area contributed by atoms with Crippen LogP contribution in [0, 0.1) is 13.8 Å². The van der Waals surface area contributed by atoms with Gasteiger partial charge in [0.15, 0.2) is 0 Å². The Hall–Kier alpha value is -1.71. The van der Waals surface area contributed by atoms with E-state index in [1.807, 2.05) is 4.90 Å². The lowest BCUT2D eigenvalue weighted by atomic mass is 10.1. The number of carbonyl (C=O) groups is 1. The zero-order valence-electron chi connectivity index (χ0n) is 11.2. The van der Waals surface area contributed by atoms with Crippen molar-refractivity contribution in [3.8, 4) is 0 Å². The van der Waals surface area contributed by atoms with Gasteiger partial charge in [0.05, 0.1) is 11.4 Å². The fourth-order valence-electron chi connectivity index (χ4n) is 2.69. The van der Waals surface area contributed by atoms with Crippen molar-refractivity contribution in [2.45, 2.75) is 20.3 Å². The van der Waals surface area contributed by atoms with Gasteiger partial charge in [0.2, 0.25) is 0 Å². The Balaban J connectivity index is 2.50. The van der Waals surface area contributed by atoms with Crippen LogP contribution < -0.4 is 9.80 Å². The van der Waals surface area contributed by atoms with Crippen LogP contribution in [-0.4, -0.2) is 37.8 Å². The predicted octanol–water partition coefficient (Wildman–Crippen LogP) is 2.03.